The van der Waals surface area contributed by atoms with Gasteiger partial charge in [0.15, 0.2) is 0 Å². The molecular formula is C14H28N2O2. The van der Waals surface area contributed by atoms with Gasteiger partial charge in [-0.05, 0) is 26.2 Å². The average molecular weight is 256 g/mol. The summed E-state index contributed by atoms with van der Waals surface area (Å²) in [6, 6.07) is 0.214. The highest BCUT2D eigenvalue weighted by atomic mass is 16.3. The Morgan fingerprint density at radius 1 is 1.39 bits per heavy atom. The van der Waals surface area contributed by atoms with Gasteiger partial charge in [-0.25, -0.2) is 0 Å². The molecule has 106 valence electrons. The molecule has 4 nitrogen and oxygen atoms in total. The monoisotopic (exact) mass is 256 g/mol. The number of β-amino-alcohol motifs (C(OH)–C–C–N with tert-alkyl or cyclic N) is 1. The normalized spacial score (nSPS) is 21.3. The number of likely N-dealkylation sites (tertiary alicyclic amines) is 1. The Bertz CT molecular complexity index is 273. The van der Waals surface area contributed by atoms with Crippen LogP contribution in [0.4, 0.5) is 0 Å². The Labute approximate surface area is 111 Å². The fraction of sp³-hybridized carbons (Fsp3) is 0.929. The van der Waals surface area contributed by atoms with Gasteiger partial charge in [-0.1, -0.05) is 26.7 Å². The van der Waals surface area contributed by atoms with Crippen LogP contribution in [-0.2, 0) is 4.79 Å². The topological polar surface area (TPSA) is 66.6 Å². The zero-order valence-electron chi connectivity index (χ0n) is 12.0. The molecule has 1 aliphatic heterocycles. The smallest absolute Gasteiger partial charge is 0.225 e. The first-order chi connectivity index (χ1) is 8.38. The van der Waals surface area contributed by atoms with Gasteiger partial charge < -0.3 is 15.7 Å². The lowest BCUT2D eigenvalue weighted by Crippen LogP contribution is -2.64. The van der Waals surface area contributed by atoms with Crippen molar-refractivity contribution >= 4 is 5.91 Å². The van der Waals surface area contributed by atoms with Crippen LogP contribution < -0.4 is 5.73 Å². The summed E-state index contributed by atoms with van der Waals surface area (Å²) in [6.07, 6.45) is 4.61. The first kappa shape index (κ1) is 15.4. The van der Waals surface area contributed by atoms with Crippen molar-refractivity contribution in [2.45, 2.75) is 64.5 Å². The molecular weight excluding hydrogens is 228 g/mol. The molecule has 2 atom stereocenters. The first-order valence-electron chi connectivity index (χ1n) is 7.14. The zero-order chi connectivity index (χ0) is 13.8. The van der Waals surface area contributed by atoms with Crippen LogP contribution in [0.2, 0.25) is 0 Å². The van der Waals surface area contributed by atoms with E-state index in [1.807, 2.05) is 13.8 Å². The highest BCUT2D eigenvalue weighted by Gasteiger charge is 2.43. The third-order valence-corrected chi connectivity index (χ3v) is 3.72. The van der Waals surface area contributed by atoms with Crippen LogP contribution >= 0.6 is 0 Å². The SMILES string of the molecule is CCCC1(O)CN(C(=O)C(C)CCCC(C)N)C1. The second kappa shape index (κ2) is 6.53. The van der Waals surface area contributed by atoms with E-state index in [-0.39, 0.29) is 17.9 Å². The van der Waals surface area contributed by atoms with Crippen LogP contribution in [0.5, 0.6) is 0 Å². The summed E-state index contributed by atoms with van der Waals surface area (Å²) in [5, 5.41) is 10.0. The molecule has 2 unspecified atom stereocenters. The molecule has 0 aromatic rings. The Kier molecular flexibility index (Phi) is 5.60. The number of nitrogens with zero attached hydrogens (tertiary/aromatic N) is 1. The minimum atomic E-state index is -0.615. The maximum Gasteiger partial charge on any atom is 0.225 e. The van der Waals surface area contributed by atoms with Crippen molar-refractivity contribution in [1.82, 2.24) is 4.90 Å². The lowest BCUT2D eigenvalue weighted by Gasteiger charge is -2.47. The molecule has 3 N–H and O–H groups in total. The molecule has 1 saturated heterocycles. The molecule has 1 aliphatic rings. The fourth-order valence-corrected chi connectivity index (χ4v) is 2.62. The maximum absolute atomic E-state index is 12.1. The molecule has 0 radical (unpaired) electrons. The zero-order valence-corrected chi connectivity index (χ0v) is 12.0. The van der Waals surface area contributed by atoms with Gasteiger partial charge in [0.1, 0.15) is 0 Å². The molecule has 0 aliphatic carbocycles. The van der Waals surface area contributed by atoms with Crippen molar-refractivity contribution in [3.8, 4) is 0 Å². The van der Waals surface area contributed by atoms with Crippen molar-refractivity contribution in [3.63, 3.8) is 0 Å². The number of rotatable bonds is 7. The number of carbonyl (C=O) groups excluding carboxylic acids is 1. The summed E-state index contributed by atoms with van der Waals surface area (Å²) in [6.45, 7) is 7.04. The fourth-order valence-electron chi connectivity index (χ4n) is 2.62. The predicted molar refractivity (Wildman–Crippen MR) is 73.1 cm³/mol. The quantitative estimate of drug-likeness (QED) is 0.725. The van der Waals surface area contributed by atoms with Crippen LogP contribution in [0.1, 0.15) is 52.9 Å². The van der Waals surface area contributed by atoms with Crippen LogP contribution in [-0.4, -0.2) is 40.6 Å². The van der Waals surface area contributed by atoms with Crippen molar-refractivity contribution in [2.75, 3.05) is 13.1 Å². The van der Waals surface area contributed by atoms with Gasteiger partial charge in [-0.2, -0.15) is 0 Å². The molecule has 1 amide bonds. The van der Waals surface area contributed by atoms with Crippen LogP contribution in [0.3, 0.4) is 0 Å². The van der Waals surface area contributed by atoms with E-state index < -0.39 is 5.60 Å². The standard InChI is InChI=1S/C14H28N2O2/c1-4-8-14(18)9-16(10-14)13(17)11(2)6-5-7-12(3)15/h11-12,18H,4-10,15H2,1-3H3. The average Bonchev–Trinajstić information content (AvgIpc) is 2.24. The van der Waals surface area contributed by atoms with E-state index in [1.165, 1.54) is 0 Å². The predicted octanol–water partition coefficient (Wildman–Crippen LogP) is 1.51. The van der Waals surface area contributed by atoms with E-state index in [0.29, 0.717) is 13.1 Å². The van der Waals surface area contributed by atoms with Crippen molar-refractivity contribution in [3.05, 3.63) is 0 Å². The Balaban J connectivity index is 2.25. The molecule has 0 bridgehead atoms. The maximum atomic E-state index is 12.1. The van der Waals surface area contributed by atoms with E-state index in [1.54, 1.807) is 4.90 Å². The molecule has 1 fully saturated rings. The summed E-state index contributed by atoms with van der Waals surface area (Å²) in [7, 11) is 0. The van der Waals surface area contributed by atoms with Gasteiger partial charge in [0.05, 0.1) is 18.7 Å². The number of hydrogen-bond acceptors (Lipinski definition) is 3. The number of amides is 1. The van der Waals surface area contributed by atoms with Gasteiger partial charge in [0, 0.05) is 12.0 Å². The largest absolute Gasteiger partial charge is 0.386 e. The summed E-state index contributed by atoms with van der Waals surface area (Å²) < 4.78 is 0. The first-order valence-corrected chi connectivity index (χ1v) is 7.14. The summed E-state index contributed by atoms with van der Waals surface area (Å²) in [5.41, 5.74) is 5.08. The van der Waals surface area contributed by atoms with Gasteiger partial charge in [0.25, 0.3) is 0 Å². The third-order valence-electron chi connectivity index (χ3n) is 3.72. The summed E-state index contributed by atoms with van der Waals surface area (Å²) in [5.74, 6) is 0.232. The van der Waals surface area contributed by atoms with E-state index in [2.05, 4.69) is 6.92 Å². The minimum Gasteiger partial charge on any atom is -0.386 e. The molecule has 0 aromatic carbocycles. The van der Waals surface area contributed by atoms with Crippen molar-refractivity contribution in [2.24, 2.45) is 11.7 Å². The van der Waals surface area contributed by atoms with E-state index >= 15 is 0 Å². The van der Waals surface area contributed by atoms with Crippen LogP contribution in [0.25, 0.3) is 0 Å². The number of nitrogens with two attached hydrogens (primary N) is 1. The number of carbonyl (C=O) groups is 1. The highest BCUT2D eigenvalue weighted by Crippen LogP contribution is 2.27. The molecule has 0 saturated carbocycles. The van der Waals surface area contributed by atoms with Crippen LogP contribution in [0.15, 0.2) is 0 Å². The minimum absolute atomic E-state index is 0.0509. The summed E-state index contributed by atoms with van der Waals surface area (Å²) >= 11 is 0. The molecule has 0 spiro atoms. The lowest BCUT2D eigenvalue weighted by atomic mass is 9.87. The Morgan fingerprint density at radius 2 is 2.00 bits per heavy atom. The summed E-state index contributed by atoms with van der Waals surface area (Å²) in [4.78, 5) is 13.9. The molecule has 1 rings (SSSR count). The van der Waals surface area contributed by atoms with E-state index in [4.69, 9.17) is 5.73 Å². The number of aliphatic hydroxyl groups is 1. The van der Waals surface area contributed by atoms with Crippen molar-refractivity contribution < 1.29 is 9.90 Å². The molecule has 1 heterocycles. The third kappa shape index (κ3) is 4.25. The molecule has 4 heteroatoms. The number of hydrogen-bond donors (Lipinski definition) is 2. The van der Waals surface area contributed by atoms with Crippen LogP contribution in [0, 0.1) is 5.92 Å². The van der Waals surface area contributed by atoms with E-state index in [0.717, 1.165) is 32.1 Å². The second-order valence-electron chi connectivity index (χ2n) is 5.98. The van der Waals surface area contributed by atoms with Crippen molar-refractivity contribution in [1.29, 1.82) is 0 Å². The Hall–Kier alpha value is -0.610. The second-order valence-corrected chi connectivity index (χ2v) is 5.98. The highest BCUT2D eigenvalue weighted by molar-refractivity contribution is 5.79. The molecule has 18 heavy (non-hydrogen) atoms. The Morgan fingerprint density at radius 3 is 2.50 bits per heavy atom. The lowest BCUT2D eigenvalue weighted by molar-refractivity contribution is -0.160. The van der Waals surface area contributed by atoms with Gasteiger partial charge in [0.2, 0.25) is 5.91 Å². The van der Waals surface area contributed by atoms with E-state index in [9.17, 15) is 9.90 Å². The van der Waals surface area contributed by atoms with Gasteiger partial charge in [-0.15, -0.1) is 0 Å². The van der Waals surface area contributed by atoms with Gasteiger partial charge >= 0.3 is 0 Å². The van der Waals surface area contributed by atoms with Gasteiger partial charge in [-0.3, -0.25) is 4.79 Å². The molecule has 0 aromatic heterocycles.